The van der Waals surface area contributed by atoms with E-state index in [9.17, 15) is 4.79 Å². The SMILES string of the molecule is C=CCC(CC)NC(=O)NCc1cccc(C#N)c1. The summed E-state index contributed by atoms with van der Waals surface area (Å²) < 4.78 is 0. The lowest BCUT2D eigenvalue weighted by atomic mass is 10.1. The molecule has 0 bridgehead atoms. The average Bonchev–Trinajstić information content (AvgIpc) is 2.45. The lowest BCUT2D eigenvalue weighted by Crippen LogP contribution is -2.41. The highest BCUT2D eigenvalue weighted by atomic mass is 16.2. The van der Waals surface area contributed by atoms with Crippen molar-refractivity contribution in [2.24, 2.45) is 0 Å². The summed E-state index contributed by atoms with van der Waals surface area (Å²) in [6, 6.07) is 9.17. The van der Waals surface area contributed by atoms with Gasteiger partial charge in [-0.25, -0.2) is 4.79 Å². The molecule has 1 aromatic rings. The van der Waals surface area contributed by atoms with Gasteiger partial charge in [0.2, 0.25) is 0 Å². The molecule has 19 heavy (non-hydrogen) atoms. The van der Waals surface area contributed by atoms with E-state index in [1.807, 2.05) is 13.0 Å². The summed E-state index contributed by atoms with van der Waals surface area (Å²) in [7, 11) is 0. The van der Waals surface area contributed by atoms with E-state index in [0.29, 0.717) is 12.1 Å². The van der Waals surface area contributed by atoms with Gasteiger partial charge in [-0.15, -0.1) is 6.58 Å². The van der Waals surface area contributed by atoms with Crippen molar-refractivity contribution in [2.45, 2.75) is 32.4 Å². The quantitative estimate of drug-likeness (QED) is 0.769. The van der Waals surface area contributed by atoms with E-state index in [4.69, 9.17) is 5.26 Å². The van der Waals surface area contributed by atoms with Crippen LogP contribution in [0.1, 0.15) is 30.9 Å². The van der Waals surface area contributed by atoms with Gasteiger partial charge >= 0.3 is 6.03 Å². The van der Waals surface area contributed by atoms with Crippen LogP contribution >= 0.6 is 0 Å². The first-order valence-corrected chi connectivity index (χ1v) is 6.33. The summed E-state index contributed by atoms with van der Waals surface area (Å²) in [6.45, 7) is 6.09. The zero-order valence-electron chi connectivity index (χ0n) is 11.1. The third-order valence-corrected chi connectivity index (χ3v) is 2.79. The van der Waals surface area contributed by atoms with Crippen molar-refractivity contribution < 1.29 is 4.79 Å². The first-order chi connectivity index (χ1) is 9.19. The third kappa shape index (κ3) is 5.26. The van der Waals surface area contributed by atoms with Gasteiger partial charge in [0, 0.05) is 12.6 Å². The molecule has 1 atom stereocenters. The molecular weight excluding hydrogens is 238 g/mol. The Kier molecular flexibility index (Phi) is 6.17. The Morgan fingerprint density at radius 1 is 1.58 bits per heavy atom. The van der Waals surface area contributed by atoms with Crippen LogP contribution in [0.4, 0.5) is 4.79 Å². The van der Waals surface area contributed by atoms with Gasteiger partial charge < -0.3 is 10.6 Å². The number of benzene rings is 1. The van der Waals surface area contributed by atoms with Crippen LogP contribution in [0.3, 0.4) is 0 Å². The summed E-state index contributed by atoms with van der Waals surface area (Å²) in [6.07, 6.45) is 3.42. The van der Waals surface area contributed by atoms with Crippen molar-refractivity contribution in [1.82, 2.24) is 10.6 Å². The Morgan fingerprint density at radius 3 is 3.00 bits per heavy atom. The highest BCUT2D eigenvalue weighted by Gasteiger charge is 2.08. The van der Waals surface area contributed by atoms with Crippen LogP contribution in [0.25, 0.3) is 0 Å². The number of urea groups is 1. The van der Waals surface area contributed by atoms with Crippen molar-refractivity contribution in [1.29, 1.82) is 5.26 Å². The molecule has 1 aromatic carbocycles. The molecule has 4 heteroatoms. The maximum Gasteiger partial charge on any atom is 0.315 e. The fourth-order valence-corrected chi connectivity index (χ4v) is 1.70. The van der Waals surface area contributed by atoms with E-state index in [2.05, 4.69) is 23.3 Å². The number of nitriles is 1. The number of carbonyl (C=O) groups excluding carboxylic acids is 1. The molecule has 0 fully saturated rings. The molecule has 0 aliphatic carbocycles. The lowest BCUT2D eigenvalue weighted by Gasteiger charge is -2.15. The normalized spacial score (nSPS) is 11.2. The van der Waals surface area contributed by atoms with E-state index >= 15 is 0 Å². The van der Waals surface area contributed by atoms with Gasteiger partial charge in [0.05, 0.1) is 11.6 Å². The maximum atomic E-state index is 11.7. The first-order valence-electron chi connectivity index (χ1n) is 6.33. The summed E-state index contributed by atoms with van der Waals surface area (Å²) in [4.78, 5) is 11.7. The second-order valence-corrected chi connectivity index (χ2v) is 4.27. The van der Waals surface area contributed by atoms with Crippen molar-refractivity contribution in [3.05, 3.63) is 48.0 Å². The topological polar surface area (TPSA) is 64.9 Å². The second-order valence-electron chi connectivity index (χ2n) is 4.27. The Bertz CT molecular complexity index is 477. The number of hydrogen-bond donors (Lipinski definition) is 2. The molecule has 0 aliphatic heterocycles. The maximum absolute atomic E-state index is 11.7. The van der Waals surface area contributed by atoms with Gasteiger partial charge in [-0.1, -0.05) is 25.1 Å². The molecule has 0 aromatic heterocycles. The number of nitrogens with zero attached hydrogens (tertiary/aromatic N) is 1. The van der Waals surface area contributed by atoms with Crippen LogP contribution < -0.4 is 10.6 Å². The zero-order chi connectivity index (χ0) is 14.1. The fraction of sp³-hybridized carbons (Fsp3) is 0.333. The predicted octanol–water partition coefficient (Wildman–Crippen LogP) is 2.71. The van der Waals surface area contributed by atoms with E-state index in [1.165, 1.54) is 0 Å². The minimum Gasteiger partial charge on any atom is -0.335 e. The van der Waals surface area contributed by atoms with Gasteiger partial charge in [0.1, 0.15) is 0 Å². The predicted molar refractivity (Wildman–Crippen MR) is 75.4 cm³/mol. The van der Waals surface area contributed by atoms with E-state index in [-0.39, 0.29) is 12.1 Å². The van der Waals surface area contributed by atoms with Crippen molar-refractivity contribution in [2.75, 3.05) is 0 Å². The summed E-state index contributed by atoms with van der Waals surface area (Å²) in [5.41, 5.74) is 1.50. The summed E-state index contributed by atoms with van der Waals surface area (Å²) >= 11 is 0. The van der Waals surface area contributed by atoms with Crippen LogP contribution in [-0.4, -0.2) is 12.1 Å². The minimum atomic E-state index is -0.198. The minimum absolute atomic E-state index is 0.114. The highest BCUT2D eigenvalue weighted by Crippen LogP contribution is 2.03. The second kappa shape index (κ2) is 7.93. The van der Waals surface area contributed by atoms with Crippen molar-refractivity contribution in [3.8, 4) is 6.07 Å². The smallest absolute Gasteiger partial charge is 0.315 e. The number of rotatable bonds is 6. The molecule has 4 nitrogen and oxygen atoms in total. The van der Waals surface area contributed by atoms with Gasteiger partial charge in [0.25, 0.3) is 0 Å². The Labute approximate surface area is 114 Å². The van der Waals surface area contributed by atoms with Crippen LogP contribution in [0, 0.1) is 11.3 Å². The Balaban J connectivity index is 2.45. The van der Waals surface area contributed by atoms with Crippen LogP contribution in [0.5, 0.6) is 0 Å². The van der Waals surface area contributed by atoms with E-state index < -0.39 is 0 Å². The first kappa shape index (κ1) is 14.8. The molecule has 0 saturated heterocycles. The summed E-state index contributed by atoms with van der Waals surface area (Å²) in [5, 5.41) is 14.5. The van der Waals surface area contributed by atoms with Crippen molar-refractivity contribution in [3.63, 3.8) is 0 Å². The summed E-state index contributed by atoms with van der Waals surface area (Å²) in [5.74, 6) is 0. The van der Waals surface area contributed by atoms with Crippen LogP contribution in [0.15, 0.2) is 36.9 Å². The van der Waals surface area contributed by atoms with E-state index in [1.54, 1.807) is 24.3 Å². The Hall–Kier alpha value is -2.28. The lowest BCUT2D eigenvalue weighted by molar-refractivity contribution is 0.236. The van der Waals surface area contributed by atoms with Crippen LogP contribution in [0.2, 0.25) is 0 Å². The van der Waals surface area contributed by atoms with Crippen molar-refractivity contribution >= 4 is 6.03 Å². The molecule has 0 spiro atoms. The molecule has 1 unspecified atom stereocenters. The van der Waals surface area contributed by atoms with Crippen LogP contribution in [-0.2, 0) is 6.54 Å². The molecule has 0 radical (unpaired) electrons. The van der Waals surface area contributed by atoms with Gasteiger partial charge in [-0.2, -0.15) is 5.26 Å². The molecule has 2 amide bonds. The molecule has 0 aliphatic rings. The molecule has 100 valence electrons. The number of amides is 2. The largest absolute Gasteiger partial charge is 0.335 e. The molecule has 0 heterocycles. The Morgan fingerprint density at radius 2 is 2.37 bits per heavy atom. The zero-order valence-corrected chi connectivity index (χ0v) is 11.1. The van der Waals surface area contributed by atoms with Gasteiger partial charge in [0.15, 0.2) is 0 Å². The molecule has 0 saturated carbocycles. The molecular formula is C15H19N3O. The average molecular weight is 257 g/mol. The van der Waals surface area contributed by atoms with E-state index in [0.717, 1.165) is 18.4 Å². The number of nitrogens with one attached hydrogen (secondary N) is 2. The van der Waals surface area contributed by atoms with Gasteiger partial charge in [-0.05, 0) is 30.5 Å². The third-order valence-electron chi connectivity index (χ3n) is 2.79. The standard InChI is InChI=1S/C15H19N3O/c1-3-6-14(4-2)18-15(19)17-11-13-8-5-7-12(9-13)10-16/h3,5,7-9,14H,1,4,6,11H2,2H3,(H2,17,18,19). The van der Waals surface area contributed by atoms with Gasteiger partial charge in [-0.3, -0.25) is 0 Å². The number of hydrogen-bond acceptors (Lipinski definition) is 2. The monoisotopic (exact) mass is 257 g/mol. The highest BCUT2D eigenvalue weighted by molar-refractivity contribution is 5.74. The number of carbonyl (C=O) groups is 1. The molecule has 1 rings (SSSR count). The fourth-order valence-electron chi connectivity index (χ4n) is 1.70. The molecule has 2 N–H and O–H groups in total.